The molecule has 0 spiro atoms. The molecule has 3 heterocycles. The summed E-state index contributed by atoms with van der Waals surface area (Å²) in [6, 6.07) is 4.36. The molecule has 1 saturated heterocycles. The number of likely N-dealkylation sites (tertiary alicyclic amines) is 1. The summed E-state index contributed by atoms with van der Waals surface area (Å²) in [5, 5.41) is 8.58. The first-order chi connectivity index (χ1) is 11.6. The van der Waals surface area contributed by atoms with Gasteiger partial charge in [-0.05, 0) is 31.9 Å². The zero-order chi connectivity index (χ0) is 17.1. The van der Waals surface area contributed by atoms with Gasteiger partial charge in [0.2, 0.25) is 5.91 Å². The minimum Gasteiger partial charge on any atom is -0.353 e. The molecule has 130 valence electrons. The third-order valence-corrected chi connectivity index (χ3v) is 5.80. The summed E-state index contributed by atoms with van der Waals surface area (Å²) in [6.45, 7) is 2.80. The first-order valence-corrected chi connectivity index (χ1v) is 9.38. The van der Waals surface area contributed by atoms with Gasteiger partial charge < -0.3 is 14.0 Å². The Kier molecular flexibility index (Phi) is 5.28. The van der Waals surface area contributed by atoms with Crippen LogP contribution >= 0.6 is 11.8 Å². The van der Waals surface area contributed by atoms with E-state index in [1.807, 2.05) is 18.5 Å². The fourth-order valence-corrected chi connectivity index (χ4v) is 4.18. The summed E-state index contributed by atoms with van der Waals surface area (Å²) < 4.78 is 3.99. The second kappa shape index (κ2) is 7.42. The summed E-state index contributed by atoms with van der Waals surface area (Å²) in [5.74, 6) is 0.191. The summed E-state index contributed by atoms with van der Waals surface area (Å²) >= 11 is 1.48. The summed E-state index contributed by atoms with van der Waals surface area (Å²) in [4.78, 5) is 15.2. The number of amides is 1. The molecule has 0 aromatic carbocycles. The van der Waals surface area contributed by atoms with Gasteiger partial charge in [0, 0.05) is 32.5 Å². The lowest BCUT2D eigenvalue weighted by molar-refractivity contribution is -0.132. The van der Waals surface area contributed by atoms with Gasteiger partial charge in [-0.25, -0.2) is 0 Å². The summed E-state index contributed by atoms with van der Waals surface area (Å²) in [7, 11) is 3.96. The highest BCUT2D eigenvalue weighted by atomic mass is 32.2. The molecule has 0 aliphatic carbocycles. The molecular weight excluding hydrogens is 322 g/mol. The van der Waals surface area contributed by atoms with Crippen molar-refractivity contribution < 1.29 is 4.79 Å². The Bertz CT molecular complexity index is 695. The van der Waals surface area contributed by atoms with Crippen molar-refractivity contribution in [3.05, 3.63) is 30.4 Å². The summed E-state index contributed by atoms with van der Waals surface area (Å²) in [5.41, 5.74) is 1.22. The SMILES string of the molecule is C[C@@H](Sc1nncn1C)C(=O)N1CCCCC[C@@H]1c1cccn1C. The van der Waals surface area contributed by atoms with E-state index in [0.29, 0.717) is 0 Å². The normalized spacial score (nSPS) is 20.0. The molecule has 0 N–H and O–H groups in total. The van der Waals surface area contributed by atoms with Crippen molar-refractivity contribution in [2.75, 3.05) is 6.54 Å². The molecule has 24 heavy (non-hydrogen) atoms. The summed E-state index contributed by atoms with van der Waals surface area (Å²) in [6.07, 6.45) is 8.19. The maximum atomic E-state index is 13.1. The Morgan fingerprint density at radius 3 is 2.79 bits per heavy atom. The maximum absolute atomic E-state index is 13.1. The number of aryl methyl sites for hydroxylation is 2. The van der Waals surface area contributed by atoms with Crippen LogP contribution in [0.1, 0.15) is 44.3 Å². The Balaban J connectivity index is 1.79. The zero-order valence-electron chi connectivity index (χ0n) is 14.6. The smallest absolute Gasteiger partial charge is 0.236 e. The van der Waals surface area contributed by atoms with Crippen molar-refractivity contribution >= 4 is 17.7 Å². The standard InChI is InChI=1S/C17H25N5OS/c1-13(24-17-19-18-12-21(17)3)16(23)22-11-6-4-5-8-15(22)14-9-7-10-20(14)2/h7,9-10,12-13,15H,4-6,8,11H2,1-3H3/t13-,15-/m1/s1. The Labute approximate surface area is 147 Å². The largest absolute Gasteiger partial charge is 0.353 e. The molecule has 1 aliphatic rings. The van der Waals surface area contributed by atoms with Crippen LogP contribution in [0.15, 0.2) is 29.8 Å². The van der Waals surface area contributed by atoms with E-state index in [1.54, 1.807) is 6.33 Å². The van der Waals surface area contributed by atoms with Crippen LogP contribution in [-0.2, 0) is 18.9 Å². The molecule has 0 saturated carbocycles. The minimum atomic E-state index is -0.172. The predicted octanol–water partition coefficient (Wildman–Crippen LogP) is 2.78. The van der Waals surface area contributed by atoms with E-state index in [2.05, 4.69) is 45.0 Å². The van der Waals surface area contributed by atoms with Crippen molar-refractivity contribution in [3.63, 3.8) is 0 Å². The number of rotatable bonds is 4. The average Bonchev–Trinajstić information content (AvgIpc) is 3.08. The van der Waals surface area contributed by atoms with E-state index >= 15 is 0 Å². The Morgan fingerprint density at radius 1 is 1.29 bits per heavy atom. The van der Waals surface area contributed by atoms with Gasteiger partial charge in [0.1, 0.15) is 6.33 Å². The third kappa shape index (κ3) is 3.50. The molecule has 1 aliphatic heterocycles. The monoisotopic (exact) mass is 347 g/mol. The fraction of sp³-hybridized carbons (Fsp3) is 0.588. The third-order valence-electron chi connectivity index (χ3n) is 4.66. The molecule has 0 bridgehead atoms. The van der Waals surface area contributed by atoms with Crippen molar-refractivity contribution in [2.45, 2.75) is 49.1 Å². The van der Waals surface area contributed by atoms with Gasteiger partial charge in [-0.2, -0.15) is 0 Å². The predicted molar refractivity (Wildman–Crippen MR) is 94.7 cm³/mol. The molecule has 7 heteroatoms. The van der Waals surface area contributed by atoms with Gasteiger partial charge in [0.05, 0.1) is 11.3 Å². The van der Waals surface area contributed by atoms with Gasteiger partial charge in [-0.15, -0.1) is 10.2 Å². The molecule has 1 amide bonds. The van der Waals surface area contributed by atoms with Gasteiger partial charge in [-0.1, -0.05) is 24.6 Å². The lowest BCUT2D eigenvalue weighted by atomic mass is 10.1. The van der Waals surface area contributed by atoms with E-state index in [9.17, 15) is 4.79 Å². The molecule has 6 nitrogen and oxygen atoms in total. The second-order valence-corrected chi connectivity index (χ2v) is 7.73. The van der Waals surface area contributed by atoms with Crippen LogP contribution in [0.3, 0.4) is 0 Å². The van der Waals surface area contributed by atoms with Crippen molar-refractivity contribution in [3.8, 4) is 0 Å². The number of nitrogens with zero attached hydrogens (tertiary/aromatic N) is 5. The topological polar surface area (TPSA) is 56.0 Å². The van der Waals surface area contributed by atoms with E-state index < -0.39 is 0 Å². The Hall–Kier alpha value is -1.76. The number of hydrogen-bond donors (Lipinski definition) is 0. The highest BCUT2D eigenvalue weighted by Gasteiger charge is 2.31. The average molecular weight is 347 g/mol. The van der Waals surface area contributed by atoms with Gasteiger partial charge >= 0.3 is 0 Å². The van der Waals surface area contributed by atoms with E-state index in [4.69, 9.17) is 0 Å². The van der Waals surface area contributed by atoms with Crippen LogP contribution in [-0.4, -0.2) is 41.9 Å². The lowest BCUT2D eigenvalue weighted by Crippen LogP contribution is -2.40. The molecule has 3 rings (SSSR count). The van der Waals surface area contributed by atoms with Crippen LogP contribution in [0.2, 0.25) is 0 Å². The van der Waals surface area contributed by atoms with E-state index in [1.165, 1.54) is 30.3 Å². The van der Waals surface area contributed by atoms with Crippen LogP contribution in [0.25, 0.3) is 0 Å². The molecule has 0 radical (unpaired) electrons. The maximum Gasteiger partial charge on any atom is 0.236 e. The molecule has 0 unspecified atom stereocenters. The van der Waals surface area contributed by atoms with E-state index in [-0.39, 0.29) is 17.2 Å². The molecule has 2 aromatic rings. The zero-order valence-corrected chi connectivity index (χ0v) is 15.4. The quantitative estimate of drug-likeness (QED) is 0.798. The first-order valence-electron chi connectivity index (χ1n) is 8.50. The Morgan fingerprint density at radius 2 is 2.12 bits per heavy atom. The van der Waals surface area contributed by atoms with Gasteiger partial charge in [0.25, 0.3) is 0 Å². The molecule has 1 fully saturated rings. The number of aromatic nitrogens is 4. The van der Waals surface area contributed by atoms with Crippen LogP contribution < -0.4 is 0 Å². The van der Waals surface area contributed by atoms with Gasteiger partial charge in [0.15, 0.2) is 5.16 Å². The molecule has 2 atom stereocenters. The van der Waals surface area contributed by atoms with Crippen LogP contribution in [0.4, 0.5) is 0 Å². The van der Waals surface area contributed by atoms with E-state index in [0.717, 1.165) is 24.5 Å². The number of carbonyl (C=O) groups excluding carboxylic acids is 1. The van der Waals surface area contributed by atoms with Gasteiger partial charge in [-0.3, -0.25) is 4.79 Å². The van der Waals surface area contributed by atoms with Crippen molar-refractivity contribution in [2.24, 2.45) is 14.1 Å². The van der Waals surface area contributed by atoms with Crippen molar-refractivity contribution in [1.29, 1.82) is 0 Å². The van der Waals surface area contributed by atoms with Crippen LogP contribution in [0, 0.1) is 0 Å². The number of carbonyl (C=O) groups is 1. The molecular formula is C17H25N5OS. The number of thioether (sulfide) groups is 1. The fourth-order valence-electron chi connectivity index (χ4n) is 3.32. The highest BCUT2D eigenvalue weighted by molar-refractivity contribution is 8.00. The first kappa shape index (κ1) is 17.1. The lowest BCUT2D eigenvalue weighted by Gasteiger charge is -2.32. The second-order valence-electron chi connectivity index (χ2n) is 6.43. The number of hydrogen-bond acceptors (Lipinski definition) is 4. The van der Waals surface area contributed by atoms with Crippen LogP contribution in [0.5, 0.6) is 0 Å². The molecule has 2 aromatic heterocycles. The highest BCUT2D eigenvalue weighted by Crippen LogP contribution is 2.32. The van der Waals surface area contributed by atoms with Crippen molar-refractivity contribution in [1.82, 2.24) is 24.2 Å². The minimum absolute atomic E-state index is 0.169.